The van der Waals surface area contributed by atoms with Crippen molar-refractivity contribution in [1.82, 2.24) is 0 Å². The molecule has 1 saturated carbocycles. The maximum Gasteiger partial charge on any atom is -0.0320 e. The Labute approximate surface area is 65.3 Å². The Morgan fingerprint density at radius 2 is 1.50 bits per heavy atom. The zero-order valence-electron chi connectivity index (χ0n) is 7.61. The van der Waals surface area contributed by atoms with Gasteiger partial charge in [-0.05, 0) is 32.6 Å². The van der Waals surface area contributed by atoms with Gasteiger partial charge in [0.05, 0.1) is 0 Å². The summed E-state index contributed by atoms with van der Waals surface area (Å²) in [6.07, 6.45) is 9.34. The van der Waals surface area contributed by atoms with Gasteiger partial charge in [-0.1, -0.05) is 31.9 Å². The highest BCUT2D eigenvalue weighted by Crippen LogP contribution is 2.21. The molecule has 60 valence electrons. The number of hydrogen-bond donors (Lipinski definition) is 0. The van der Waals surface area contributed by atoms with Gasteiger partial charge in [0.2, 0.25) is 0 Å². The minimum Gasteiger partial charge on any atom is -0.0885 e. The molecule has 0 N–H and O–H groups in total. The Morgan fingerprint density at radius 1 is 1.00 bits per heavy atom. The molecule has 1 aliphatic carbocycles. The Hall–Kier alpha value is -0.260. The first kappa shape index (κ1) is 9.74. The van der Waals surface area contributed by atoms with Crippen LogP contribution >= 0.6 is 0 Å². The average molecular weight is 140 g/mol. The van der Waals surface area contributed by atoms with E-state index in [2.05, 4.69) is 13.0 Å². The molecule has 0 nitrogen and oxygen atoms in total. The Balaban J connectivity index is 0.000000371. The standard InChI is InChI=1S/C8H14.C2H6/c1-2-8-6-4-3-5-7-8;1-2/h2H,3-7H2,1H3;1-2H3. The van der Waals surface area contributed by atoms with Gasteiger partial charge in [-0.3, -0.25) is 0 Å². The molecule has 0 aromatic rings. The van der Waals surface area contributed by atoms with Crippen LogP contribution in [0.15, 0.2) is 11.6 Å². The van der Waals surface area contributed by atoms with Crippen LogP contribution in [0.5, 0.6) is 0 Å². The second kappa shape index (κ2) is 6.85. The third-order valence-corrected chi connectivity index (χ3v) is 1.90. The van der Waals surface area contributed by atoms with Gasteiger partial charge >= 0.3 is 0 Å². The Bertz CT molecular complexity index is 82.2. The lowest BCUT2D eigenvalue weighted by Gasteiger charge is -2.11. The molecular weight excluding hydrogens is 120 g/mol. The summed E-state index contributed by atoms with van der Waals surface area (Å²) < 4.78 is 0. The molecular formula is C10H20. The minimum atomic E-state index is 1.37. The summed E-state index contributed by atoms with van der Waals surface area (Å²) in [6.45, 7) is 6.15. The van der Waals surface area contributed by atoms with E-state index >= 15 is 0 Å². The largest absolute Gasteiger partial charge is 0.0885 e. The van der Waals surface area contributed by atoms with Crippen LogP contribution in [0.2, 0.25) is 0 Å². The molecule has 0 heteroatoms. The van der Waals surface area contributed by atoms with Crippen LogP contribution < -0.4 is 0 Å². The summed E-state index contributed by atoms with van der Waals surface area (Å²) in [5.74, 6) is 0. The van der Waals surface area contributed by atoms with E-state index < -0.39 is 0 Å². The van der Waals surface area contributed by atoms with E-state index in [4.69, 9.17) is 0 Å². The molecule has 0 bridgehead atoms. The Morgan fingerprint density at radius 3 is 1.80 bits per heavy atom. The molecule has 0 aliphatic heterocycles. The van der Waals surface area contributed by atoms with E-state index in [9.17, 15) is 0 Å². The summed E-state index contributed by atoms with van der Waals surface area (Å²) in [6, 6.07) is 0. The van der Waals surface area contributed by atoms with Crippen molar-refractivity contribution >= 4 is 0 Å². The second-order valence-electron chi connectivity index (χ2n) is 2.51. The predicted molar refractivity (Wildman–Crippen MR) is 48.2 cm³/mol. The normalized spacial score (nSPS) is 17.3. The van der Waals surface area contributed by atoms with Crippen LogP contribution in [-0.4, -0.2) is 0 Å². The summed E-state index contributed by atoms with van der Waals surface area (Å²) in [4.78, 5) is 0. The van der Waals surface area contributed by atoms with Crippen molar-refractivity contribution in [3.63, 3.8) is 0 Å². The zero-order chi connectivity index (χ0) is 7.82. The third-order valence-electron chi connectivity index (χ3n) is 1.90. The maximum atomic E-state index is 2.28. The lowest BCUT2D eigenvalue weighted by atomic mass is 9.95. The van der Waals surface area contributed by atoms with E-state index in [1.54, 1.807) is 5.57 Å². The minimum absolute atomic E-state index is 1.37. The quantitative estimate of drug-likeness (QED) is 0.447. The van der Waals surface area contributed by atoms with Gasteiger partial charge in [-0.2, -0.15) is 0 Å². The van der Waals surface area contributed by atoms with Gasteiger partial charge in [-0.25, -0.2) is 0 Å². The lowest BCUT2D eigenvalue weighted by molar-refractivity contribution is 0.598. The molecule has 0 saturated heterocycles. The molecule has 0 atom stereocenters. The molecule has 0 aromatic carbocycles. The van der Waals surface area contributed by atoms with Crippen molar-refractivity contribution in [2.24, 2.45) is 0 Å². The fraction of sp³-hybridized carbons (Fsp3) is 0.800. The fourth-order valence-electron chi connectivity index (χ4n) is 1.29. The molecule has 1 aliphatic rings. The second-order valence-corrected chi connectivity index (χ2v) is 2.51. The summed E-state index contributed by atoms with van der Waals surface area (Å²) in [7, 11) is 0. The summed E-state index contributed by atoms with van der Waals surface area (Å²) in [5, 5.41) is 0. The summed E-state index contributed by atoms with van der Waals surface area (Å²) >= 11 is 0. The van der Waals surface area contributed by atoms with E-state index in [0.29, 0.717) is 0 Å². The van der Waals surface area contributed by atoms with Crippen molar-refractivity contribution in [2.75, 3.05) is 0 Å². The zero-order valence-corrected chi connectivity index (χ0v) is 7.61. The topological polar surface area (TPSA) is 0 Å². The fourth-order valence-corrected chi connectivity index (χ4v) is 1.29. The summed E-state index contributed by atoms with van der Waals surface area (Å²) in [5.41, 5.74) is 1.68. The molecule has 1 rings (SSSR count). The first-order valence-corrected chi connectivity index (χ1v) is 4.57. The van der Waals surface area contributed by atoms with Crippen LogP contribution in [0, 0.1) is 0 Å². The number of hydrogen-bond acceptors (Lipinski definition) is 0. The first-order chi connectivity index (χ1) is 4.93. The highest BCUT2D eigenvalue weighted by molar-refractivity contribution is 5.01. The van der Waals surface area contributed by atoms with Gasteiger partial charge in [0, 0.05) is 0 Å². The van der Waals surface area contributed by atoms with Gasteiger partial charge < -0.3 is 0 Å². The van der Waals surface area contributed by atoms with Crippen LogP contribution in [0.3, 0.4) is 0 Å². The van der Waals surface area contributed by atoms with Gasteiger partial charge in [0.1, 0.15) is 0 Å². The highest BCUT2D eigenvalue weighted by atomic mass is 14.1. The average Bonchev–Trinajstić information content (AvgIpc) is 2.10. The molecule has 10 heavy (non-hydrogen) atoms. The van der Waals surface area contributed by atoms with Crippen molar-refractivity contribution in [3.05, 3.63) is 11.6 Å². The molecule has 0 amide bonds. The maximum absolute atomic E-state index is 2.28. The van der Waals surface area contributed by atoms with Gasteiger partial charge in [0.15, 0.2) is 0 Å². The van der Waals surface area contributed by atoms with Crippen molar-refractivity contribution < 1.29 is 0 Å². The van der Waals surface area contributed by atoms with Gasteiger partial charge in [-0.15, -0.1) is 0 Å². The van der Waals surface area contributed by atoms with Gasteiger partial charge in [0.25, 0.3) is 0 Å². The van der Waals surface area contributed by atoms with E-state index in [1.807, 2.05) is 13.8 Å². The van der Waals surface area contributed by atoms with E-state index in [1.165, 1.54) is 32.1 Å². The molecule has 0 radical (unpaired) electrons. The number of allylic oxidation sites excluding steroid dienone is 2. The predicted octanol–water partition coefficient (Wildman–Crippen LogP) is 3.92. The van der Waals surface area contributed by atoms with Crippen LogP contribution in [-0.2, 0) is 0 Å². The first-order valence-electron chi connectivity index (χ1n) is 4.57. The van der Waals surface area contributed by atoms with Crippen LogP contribution in [0.25, 0.3) is 0 Å². The molecule has 0 heterocycles. The third kappa shape index (κ3) is 3.71. The molecule has 1 fully saturated rings. The smallest absolute Gasteiger partial charge is 0.0320 e. The van der Waals surface area contributed by atoms with Crippen LogP contribution in [0.4, 0.5) is 0 Å². The van der Waals surface area contributed by atoms with Crippen molar-refractivity contribution in [3.8, 4) is 0 Å². The Kier molecular flexibility index (Phi) is 6.68. The SMILES string of the molecule is CC.CC=C1CCCCC1. The number of rotatable bonds is 0. The van der Waals surface area contributed by atoms with E-state index in [0.717, 1.165) is 0 Å². The van der Waals surface area contributed by atoms with Crippen LogP contribution in [0.1, 0.15) is 52.9 Å². The lowest BCUT2D eigenvalue weighted by Crippen LogP contribution is -1.91. The van der Waals surface area contributed by atoms with E-state index in [-0.39, 0.29) is 0 Å². The monoisotopic (exact) mass is 140 g/mol. The van der Waals surface area contributed by atoms with Crippen molar-refractivity contribution in [2.45, 2.75) is 52.9 Å². The van der Waals surface area contributed by atoms with Crippen molar-refractivity contribution in [1.29, 1.82) is 0 Å². The highest BCUT2D eigenvalue weighted by Gasteiger charge is 2.01. The molecule has 0 spiro atoms. The molecule has 0 unspecified atom stereocenters. The molecule has 0 aromatic heterocycles.